The van der Waals surface area contributed by atoms with Gasteiger partial charge in [0.25, 0.3) is 5.91 Å². The third-order valence-electron chi connectivity index (χ3n) is 3.57. The molecule has 2 N–H and O–H groups in total. The quantitative estimate of drug-likeness (QED) is 0.883. The number of rotatable bonds is 3. The molecule has 21 heavy (non-hydrogen) atoms. The smallest absolute Gasteiger partial charge is 0.253 e. The molecular formula is C14H24Cl2N4O. The van der Waals surface area contributed by atoms with Crippen molar-refractivity contribution < 1.29 is 4.79 Å². The molecule has 1 amide bonds. The lowest BCUT2D eigenvalue weighted by molar-refractivity contribution is 0.0914. The van der Waals surface area contributed by atoms with E-state index in [9.17, 15) is 4.79 Å². The van der Waals surface area contributed by atoms with Gasteiger partial charge in [-0.25, -0.2) is 4.98 Å². The van der Waals surface area contributed by atoms with Gasteiger partial charge in [-0.15, -0.1) is 24.8 Å². The number of halogens is 2. The lowest BCUT2D eigenvalue weighted by Gasteiger charge is -2.30. The van der Waals surface area contributed by atoms with Gasteiger partial charge in [0.05, 0.1) is 5.56 Å². The maximum absolute atomic E-state index is 12.2. The van der Waals surface area contributed by atoms with Crippen LogP contribution in [0.5, 0.6) is 0 Å². The highest BCUT2D eigenvalue weighted by atomic mass is 35.5. The average Bonchev–Trinajstić information content (AvgIpc) is 2.41. The van der Waals surface area contributed by atoms with Gasteiger partial charge in [0.2, 0.25) is 0 Å². The number of nitrogens with one attached hydrogen (secondary N) is 2. The largest absolute Gasteiger partial charge is 0.363 e. The number of aromatic nitrogens is 1. The maximum Gasteiger partial charge on any atom is 0.253 e. The van der Waals surface area contributed by atoms with Gasteiger partial charge in [-0.05, 0) is 37.6 Å². The first-order valence-corrected chi connectivity index (χ1v) is 6.73. The third-order valence-corrected chi connectivity index (χ3v) is 3.57. The number of hydrogen-bond donors (Lipinski definition) is 2. The number of hydrogen-bond acceptors (Lipinski definition) is 4. The molecule has 120 valence electrons. The second-order valence-corrected chi connectivity index (χ2v) is 5.35. The summed E-state index contributed by atoms with van der Waals surface area (Å²) in [5, 5.41) is 6.43. The molecule has 0 aromatic carbocycles. The van der Waals surface area contributed by atoms with Crippen LogP contribution in [0.3, 0.4) is 0 Å². The first-order valence-electron chi connectivity index (χ1n) is 6.73. The third kappa shape index (κ3) is 5.34. The SMILES string of the molecule is CC1CNCCC1NC(=O)c1ccc(N(C)C)nc1.Cl.Cl. The second-order valence-electron chi connectivity index (χ2n) is 5.35. The van der Waals surface area contributed by atoms with Crippen molar-refractivity contribution in [1.29, 1.82) is 0 Å². The molecule has 7 heteroatoms. The summed E-state index contributed by atoms with van der Waals surface area (Å²) >= 11 is 0. The summed E-state index contributed by atoms with van der Waals surface area (Å²) in [6, 6.07) is 3.94. The average molecular weight is 335 g/mol. The Morgan fingerprint density at radius 3 is 2.62 bits per heavy atom. The summed E-state index contributed by atoms with van der Waals surface area (Å²) in [5.74, 6) is 1.29. The fourth-order valence-corrected chi connectivity index (χ4v) is 2.27. The minimum atomic E-state index is -0.0310. The minimum absolute atomic E-state index is 0. The highest BCUT2D eigenvalue weighted by Gasteiger charge is 2.23. The number of piperidine rings is 1. The van der Waals surface area contributed by atoms with Crippen molar-refractivity contribution in [1.82, 2.24) is 15.6 Å². The lowest BCUT2D eigenvalue weighted by Crippen LogP contribution is -2.48. The number of pyridine rings is 1. The van der Waals surface area contributed by atoms with E-state index >= 15 is 0 Å². The Balaban J connectivity index is 0.00000200. The van der Waals surface area contributed by atoms with Gasteiger partial charge in [0.15, 0.2) is 0 Å². The van der Waals surface area contributed by atoms with Crippen LogP contribution in [0.25, 0.3) is 0 Å². The zero-order chi connectivity index (χ0) is 13.8. The summed E-state index contributed by atoms with van der Waals surface area (Å²) in [6.45, 7) is 4.08. The molecule has 0 radical (unpaired) electrons. The van der Waals surface area contributed by atoms with E-state index in [1.165, 1.54) is 0 Å². The predicted octanol–water partition coefficient (Wildman–Crippen LogP) is 1.72. The summed E-state index contributed by atoms with van der Waals surface area (Å²) < 4.78 is 0. The van der Waals surface area contributed by atoms with Crippen LogP contribution in [-0.2, 0) is 0 Å². The zero-order valence-electron chi connectivity index (χ0n) is 12.6. The Kier molecular flexibility index (Phi) is 8.63. The minimum Gasteiger partial charge on any atom is -0.363 e. The first-order chi connectivity index (χ1) is 9.08. The molecule has 5 nitrogen and oxygen atoms in total. The molecule has 0 saturated carbocycles. The van der Waals surface area contributed by atoms with E-state index in [-0.39, 0.29) is 36.8 Å². The van der Waals surface area contributed by atoms with Crippen molar-refractivity contribution in [3.63, 3.8) is 0 Å². The molecule has 2 unspecified atom stereocenters. The molecule has 1 saturated heterocycles. The molecule has 2 atom stereocenters. The molecule has 1 aromatic rings. The van der Waals surface area contributed by atoms with Crippen LogP contribution in [0, 0.1) is 5.92 Å². The molecule has 0 bridgehead atoms. The predicted molar refractivity (Wildman–Crippen MR) is 91.0 cm³/mol. The fraction of sp³-hybridized carbons (Fsp3) is 0.571. The monoisotopic (exact) mass is 334 g/mol. The molecule has 0 spiro atoms. The van der Waals surface area contributed by atoms with Crippen LogP contribution in [0.1, 0.15) is 23.7 Å². The summed E-state index contributed by atoms with van der Waals surface area (Å²) in [7, 11) is 3.86. The van der Waals surface area contributed by atoms with E-state index < -0.39 is 0 Å². The van der Waals surface area contributed by atoms with Gasteiger partial charge in [-0.3, -0.25) is 4.79 Å². The summed E-state index contributed by atoms with van der Waals surface area (Å²) in [4.78, 5) is 18.3. The maximum atomic E-state index is 12.2. The first kappa shape index (κ1) is 20.0. The molecular weight excluding hydrogens is 311 g/mol. The highest BCUT2D eigenvalue weighted by molar-refractivity contribution is 5.94. The number of carbonyl (C=O) groups excluding carboxylic acids is 1. The topological polar surface area (TPSA) is 57.3 Å². The highest BCUT2D eigenvalue weighted by Crippen LogP contribution is 2.12. The Morgan fingerprint density at radius 2 is 2.10 bits per heavy atom. The van der Waals surface area contributed by atoms with E-state index in [0.29, 0.717) is 11.5 Å². The molecule has 1 fully saturated rings. The molecule has 2 heterocycles. The van der Waals surface area contributed by atoms with Crippen LogP contribution in [-0.4, -0.2) is 44.1 Å². The molecule has 1 aliphatic rings. The van der Waals surface area contributed by atoms with Gasteiger partial charge in [-0.2, -0.15) is 0 Å². The fourth-order valence-electron chi connectivity index (χ4n) is 2.27. The molecule has 1 aromatic heterocycles. The van der Waals surface area contributed by atoms with E-state index in [4.69, 9.17) is 0 Å². The van der Waals surface area contributed by atoms with Gasteiger partial charge < -0.3 is 15.5 Å². The summed E-state index contributed by atoms with van der Waals surface area (Å²) in [6.07, 6.45) is 2.62. The lowest BCUT2D eigenvalue weighted by atomic mass is 9.95. The van der Waals surface area contributed by atoms with Gasteiger partial charge >= 0.3 is 0 Å². The molecule has 0 aliphatic carbocycles. The second kappa shape index (κ2) is 9.07. The Bertz CT molecular complexity index is 439. The Hall–Kier alpha value is -1.04. The zero-order valence-corrected chi connectivity index (χ0v) is 14.3. The standard InChI is InChI=1S/C14H22N4O.2ClH/c1-10-8-15-7-6-12(10)17-14(19)11-4-5-13(16-9-11)18(2)3;;/h4-5,9-10,12,15H,6-8H2,1-3H3,(H,17,19);2*1H. The van der Waals surface area contributed by atoms with E-state index in [0.717, 1.165) is 25.3 Å². The van der Waals surface area contributed by atoms with Crippen LogP contribution >= 0.6 is 24.8 Å². The number of carbonyl (C=O) groups is 1. The van der Waals surface area contributed by atoms with Crippen molar-refractivity contribution in [3.8, 4) is 0 Å². The normalized spacial score (nSPS) is 20.7. The van der Waals surface area contributed by atoms with Crippen molar-refractivity contribution in [3.05, 3.63) is 23.9 Å². The van der Waals surface area contributed by atoms with Crippen LogP contribution in [0.15, 0.2) is 18.3 Å². The van der Waals surface area contributed by atoms with Crippen LogP contribution in [0.2, 0.25) is 0 Å². The number of anilines is 1. The van der Waals surface area contributed by atoms with Crippen LogP contribution in [0.4, 0.5) is 5.82 Å². The molecule has 2 rings (SSSR count). The van der Waals surface area contributed by atoms with Crippen molar-refractivity contribution in [2.75, 3.05) is 32.1 Å². The number of amides is 1. The number of nitrogens with zero attached hydrogens (tertiary/aromatic N) is 2. The van der Waals surface area contributed by atoms with Crippen molar-refractivity contribution >= 4 is 36.5 Å². The van der Waals surface area contributed by atoms with Crippen molar-refractivity contribution in [2.24, 2.45) is 5.92 Å². The summed E-state index contributed by atoms with van der Waals surface area (Å²) in [5.41, 5.74) is 0.622. The Morgan fingerprint density at radius 1 is 1.38 bits per heavy atom. The van der Waals surface area contributed by atoms with Gasteiger partial charge in [-0.1, -0.05) is 6.92 Å². The Labute approximate surface area is 138 Å². The van der Waals surface area contributed by atoms with Gasteiger partial charge in [0, 0.05) is 26.3 Å². The van der Waals surface area contributed by atoms with Crippen molar-refractivity contribution in [2.45, 2.75) is 19.4 Å². The van der Waals surface area contributed by atoms with E-state index in [1.807, 2.05) is 31.1 Å². The van der Waals surface area contributed by atoms with Gasteiger partial charge in [0.1, 0.15) is 5.82 Å². The van der Waals surface area contributed by atoms with Crippen LogP contribution < -0.4 is 15.5 Å². The molecule has 1 aliphatic heterocycles. The van der Waals surface area contributed by atoms with E-state index in [2.05, 4.69) is 22.5 Å². The van der Waals surface area contributed by atoms with E-state index in [1.54, 1.807) is 6.20 Å².